The molecule has 0 aromatic carbocycles. The van der Waals surface area contributed by atoms with Gasteiger partial charge in [0.1, 0.15) is 5.60 Å². The van der Waals surface area contributed by atoms with Crippen molar-refractivity contribution >= 4 is 17.7 Å². The van der Waals surface area contributed by atoms with Gasteiger partial charge in [-0.05, 0) is 26.7 Å². The number of ketones is 1. The Bertz CT molecular complexity index is 370. The van der Waals surface area contributed by atoms with Crippen molar-refractivity contribution in [2.24, 2.45) is 17.6 Å². The quantitative estimate of drug-likeness (QED) is 0.685. The minimum Gasteiger partial charge on any atom is -0.481 e. The van der Waals surface area contributed by atoms with E-state index in [1.807, 2.05) is 0 Å². The molecule has 0 aromatic heterocycles. The van der Waals surface area contributed by atoms with Crippen LogP contribution in [-0.4, -0.2) is 34.5 Å². The predicted octanol–water partition coefficient (Wildman–Crippen LogP) is 1.36. The van der Waals surface area contributed by atoms with Gasteiger partial charge in [0.25, 0.3) is 0 Å². The summed E-state index contributed by atoms with van der Waals surface area (Å²) in [5, 5.41) is 9.09. The van der Waals surface area contributed by atoms with Crippen LogP contribution in [0.15, 0.2) is 0 Å². The summed E-state index contributed by atoms with van der Waals surface area (Å²) in [5.74, 6) is -3.34. The summed E-state index contributed by atoms with van der Waals surface area (Å²) in [6, 6.07) is -0.713. The fourth-order valence-electron chi connectivity index (χ4n) is 1.58. The van der Waals surface area contributed by atoms with E-state index in [1.54, 1.807) is 34.6 Å². The zero-order valence-electron chi connectivity index (χ0n) is 12.8. The van der Waals surface area contributed by atoms with Gasteiger partial charge in [-0.1, -0.05) is 13.8 Å². The molecular formula is C14H25NO5. The van der Waals surface area contributed by atoms with Gasteiger partial charge in [-0.25, -0.2) is 0 Å². The Morgan fingerprint density at radius 1 is 1.15 bits per heavy atom. The third kappa shape index (κ3) is 7.23. The fraction of sp³-hybridized carbons (Fsp3) is 0.786. The summed E-state index contributed by atoms with van der Waals surface area (Å²) in [7, 11) is 0. The number of nitrogens with two attached hydrogens (primary N) is 1. The number of carboxylic acids is 1. The predicted molar refractivity (Wildman–Crippen MR) is 74.0 cm³/mol. The van der Waals surface area contributed by atoms with Crippen molar-refractivity contribution in [3.8, 4) is 0 Å². The van der Waals surface area contributed by atoms with E-state index in [1.165, 1.54) is 0 Å². The second-order valence-corrected chi connectivity index (χ2v) is 6.27. The third-order valence-electron chi connectivity index (χ3n) is 2.72. The van der Waals surface area contributed by atoms with E-state index < -0.39 is 29.5 Å². The van der Waals surface area contributed by atoms with Gasteiger partial charge in [0.2, 0.25) is 0 Å². The maximum absolute atomic E-state index is 11.8. The van der Waals surface area contributed by atoms with Crippen molar-refractivity contribution < 1.29 is 24.2 Å². The number of esters is 1. The molecule has 0 fully saturated rings. The molecule has 0 radical (unpaired) electrons. The highest BCUT2D eigenvalue weighted by Gasteiger charge is 2.29. The number of hydrogen-bond acceptors (Lipinski definition) is 5. The van der Waals surface area contributed by atoms with Crippen molar-refractivity contribution in [2.45, 2.75) is 59.1 Å². The lowest BCUT2D eigenvalue weighted by Crippen LogP contribution is -2.38. The van der Waals surface area contributed by atoms with Gasteiger partial charge >= 0.3 is 11.9 Å². The first-order valence-electron chi connectivity index (χ1n) is 6.67. The van der Waals surface area contributed by atoms with E-state index in [0.29, 0.717) is 0 Å². The molecule has 20 heavy (non-hydrogen) atoms. The highest BCUT2D eigenvalue weighted by molar-refractivity contribution is 5.89. The third-order valence-corrected chi connectivity index (χ3v) is 2.72. The van der Waals surface area contributed by atoms with Gasteiger partial charge < -0.3 is 15.6 Å². The van der Waals surface area contributed by atoms with Crippen molar-refractivity contribution in [1.82, 2.24) is 0 Å². The number of ether oxygens (including phenoxy) is 1. The van der Waals surface area contributed by atoms with Crippen LogP contribution < -0.4 is 5.73 Å². The lowest BCUT2D eigenvalue weighted by molar-refractivity contribution is -0.160. The minimum absolute atomic E-state index is 0.0709. The largest absolute Gasteiger partial charge is 0.481 e. The average molecular weight is 287 g/mol. The second-order valence-electron chi connectivity index (χ2n) is 6.27. The summed E-state index contributed by atoms with van der Waals surface area (Å²) in [5.41, 5.74) is 5.00. The van der Waals surface area contributed by atoms with Crippen LogP contribution in [-0.2, 0) is 19.1 Å². The van der Waals surface area contributed by atoms with Crippen LogP contribution in [0.5, 0.6) is 0 Å². The molecule has 2 atom stereocenters. The topological polar surface area (TPSA) is 107 Å². The molecule has 0 bridgehead atoms. The number of carboxylic acid groups (broad SMARTS) is 1. The number of aliphatic carboxylic acids is 1. The summed E-state index contributed by atoms with van der Waals surface area (Å²) >= 11 is 0. The Morgan fingerprint density at radius 3 is 2.00 bits per heavy atom. The molecule has 6 heteroatoms. The molecule has 0 unspecified atom stereocenters. The molecule has 0 amide bonds. The Balaban J connectivity index is 4.64. The van der Waals surface area contributed by atoms with Gasteiger partial charge in [-0.15, -0.1) is 0 Å². The van der Waals surface area contributed by atoms with Gasteiger partial charge in [-0.3, -0.25) is 14.4 Å². The molecule has 0 saturated carbocycles. The zero-order chi connectivity index (χ0) is 16.1. The molecule has 116 valence electrons. The molecule has 0 rings (SSSR count). The van der Waals surface area contributed by atoms with E-state index in [9.17, 15) is 14.4 Å². The van der Waals surface area contributed by atoms with E-state index in [4.69, 9.17) is 15.6 Å². The number of Topliss-reactive ketones (excluding diaryl/α,β-unsaturated/α-hetero) is 1. The van der Waals surface area contributed by atoms with Crippen molar-refractivity contribution in [2.75, 3.05) is 0 Å². The molecule has 0 aliphatic rings. The Hall–Kier alpha value is -1.43. The zero-order valence-corrected chi connectivity index (χ0v) is 12.8. The SMILES string of the molecule is CC(C)[C@H](N)C(=O)C[C@@H](CC(=O)OC(C)(C)C)C(=O)O. The maximum atomic E-state index is 11.8. The van der Waals surface area contributed by atoms with Crippen molar-refractivity contribution in [1.29, 1.82) is 0 Å². The molecule has 0 heterocycles. The monoisotopic (exact) mass is 287 g/mol. The fourth-order valence-corrected chi connectivity index (χ4v) is 1.58. The maximum Gasteiger partial charge on any atom is 0.307 e. The summed E-state index contributed by atoms with van der Waals surface area (Å²) in [4.78, 5) is 34.6. The van der Waals surface area contributed by atoms with Crippen LogP contribution in [0.2, 0.25) is 0 Å². The summed E-state index contributed by atoms with van der Waals surface area (Å²) in [6.07, 6.45) is -0.586. The standard InChI is InChI=1S/C14H25NO5/c1-8(2)12(15)10(16)6-9(13(18)19)7-11(17)20-14(3,4)5/h8-9,12H,6-7,15H2,1-5H3,(H,18,19)/t9-,12-/m0/s1. The Morgan fingerprint density at radius 2 is 1.65 bits per heavy atom. The van der Waals surface area contributed by atoms with E-state index in [-0.39, 0.29) is 24.5 Å². The van der Waals surface area contributed by atoms with Gasteiger partial charge in [0.05, 0.1) is 18.4 Å². The van der Waals surface area contributed by atoms with E-state index >= 15 is 0 Å². The van der Waals surface area contributed by atoms with Crippen molar-refractivity contribution in [3.63, 3.8) is 0 Å². The van der Waals surface area contributed by atoms with Crippen LogP contribution in [0.3, 0.4) is 0 Å². The first-order chi connectivity index (χ1) is 8.94. The summed E-state index contributed by atoms with van der Waals surface area (Å²) < 4.78 is 5.06. The molecule has 6 nitrogen and oxygen atoms in total. The normalized spacial score (nSPS) is 14.8. The molecule has 0 saturated heterocycles. The van der Waals surface area contributed by atoms with Crippen LogP contribution in [0.4, 0.5) is 0 Å². The van der Waals surface area contributed by atoms with Gasteiger partial charge in [-0.2, -0.15) is 0 Å². The van der Waals surface area contributed by atoms with Crippen molar-refractivity contribution in [3.05, 3.63) is 0 Å². The minimum atomic E-state index is -1.19. The number of hydrogen-bond donors (Lipinski definition) is 2. The Labute approximate surface area is 119 Å². The summed E-state index contributed by atoms with van der Waals surface area (Å²) in [6.45, 7) is 8.65. The first-order valence-corrected chi connectivity index (χ1v) is 6.67. The second kappa shape index (κ2) is 7.38. The molecule has 0 aromatic rings. The van der Waals surface area contributed by atoms with Crippen LogP contribution in [0.25, 0.3) is 0 Å². The molecule has 0 spiro atoms. The van der Waals surface area contributed by atoms with Gasteiger partial charge in [0.15, 0.2) is 5.78 Å². The molecule has 0 aliphatic heterocycles. The lowest BCUT2D eigenvalue weighted by Gasteiger charge is -2.21. The molecule has 3 N–H and O–H groups in total. The molecule has 0 aliphatic carbocycles. The van der Waals surface area contributed by atoms with Gasteiger partial charge in [0, 0.05) is 6.42 Å². The van der Waals surface area contributed by atoms with E-state index in [2.05, 4.69) is 0 Å². The number of rotatable bonds is 7. The first kappa shape index (κ1) is 18.6. The number of carbonyl (C=O) groups excluding carboxylic acids is 2. The number of carbonyl (C=O) groups is 3. The van der Waals surface area contributed by atoms with Crippen LogP contribution in [0, 0.1) is 11.8 Å². The highest BCUT2D eigenvalue weighted by atomic mass is 16.6. The van der Waals surface area contributed by atoms with Crippen LogP contribution in [0.1, 0.15) is 47.5 Å². The lowest BCUT2D eigenvalue weighted by atomic mass is 9.91. The molecular weight excluding hydrogens is 262 g/mol. The average Bonchev–Trinajstić information content (AvgIpc) is 2.23. The van der Waals surface area contributed by atoms with E-state index in [0.717, 1.165) is 0 Å². The Kier molecular flexibility index (Phi) is 6.85. The smallest absolute Gasteiger partial charge is 0.307 e. The van der Waals surface area contributed by atoms with Crippen LogP contribution >= 0.6 is 0 Å². The highest BCUT2D eigenvalue weighted by Crippen LogP contribution is 2.17.